The van der Waals surface area contributed by atoms with Gasteiger partial charge in [0.05, 0.1) is 0 Å². The number of benzene rings is 6. The molecule has 3 aliphatic rings. The highest BCUT2D eigenvalue weighted by Crippen LogP contribution is 2.38. The third-order valence-corrected chi connectivity index (χ3v) is 10.00. The fourth-order valence-corrected chi connectivity index (χ4v) is 7.41. The van der Waals surface area contributed by atoms with Crippen molar-refractivity contribution in [2.24, 2.45) is 20.0 Å². The second kappa shape index (κ2) is 14.8. The number of amidine groups is 3. The number of nitrogens with one attached hydrogen (secondary N) is 2. The Morgan fingerprint density at radius 1 is 0.518 bits per heavy atom. The zero-order valence-electron chi connectivity index (χ0n) is 30.8. The molecule has 0 unspecified atom stereocenters. The number of aliphatic imine (C=N–C) groups is 4. The molecular weight excluding hydrogens is 696 g/mol. The summed E-state index contributed by atoms with van der Waals surface area (Å²) in [5.74, 6) is 1.44. The zero-order chi connectivity index (χ0) is 38.0. The summed E-state index contributed by atoms with van der Waals surface area (Å²) >= 11 is 0. The maximum atomic E-state index is 15.3. The molecule has 6 aromatic rings. The van der Waals surface area contributed by atoms with Crippen molar-refractivity contribution in [1.29, 1.82) is 0 Å². The normalized spacial score (nSPS) is 14.4. The minimum atomic E-state index is -0.455. The molecule has 0 atom stereocenters. The van der Waals surface area contributed by atoms with Gasteiger partial charge in [-0.1, -0.05) is 103 Å². The van der Waals surface area contributed by atoms with Crippen molar-refractivity contribution in [3.05, 3.63) is 209 Å². The van der Waals surface area contributed by atoms with E-state index in [1.807, 2.05) is 80.8 Å². The first kappa shape index (κ1) is 34.4. The van der Waals surface area contributed by atoms with E-state index in [0.717, 1.165) is 45.1 Å². The van der Waals surface area contributed by atoms with Gasteiger partial charge < -0.3 is 15.5 Å². The van der Waals surface area contributed by atoms with Crippen molar-refractivity contribution in [3.8, 4) is 0 Å². The van der Waals surface area contributed by atoms with Crippen LogP contribution in [0, 0.1) is 0 Å². The second-order valence-electron chi connectivity index (χ2n) is 13.4. The highest BCUT2D eigenvalue weighted by atomic mass is 19.1. The summed E-state index contributed by atoms with van der Waals surface area (Å²) in [6, 6.07) is 53.8. The summed E-state index contributed by atoms with van der Waals surface area (Å²) in [4.78, 5) is 23.6. The molecular formula is C47H37FN8. The molecule has 3 heterocycles. The molecule has 9 rings (SSSR count). The summed E-state index contributed by atoms with van der Waals surface area (Å²) in [6.45, 7) is 0. The molecule has 8 nitrogen and oxygen atoms in total. The van der Waals surface area contributed by atoms with Crippen molar-refractivity contribution in [1.82, 2.24) is 4.90 Å². The first-order valence-electron chi connectivity index (χ1n) is 18.5. The number of rotatable bonds is 10. The number of nitrogens with zero attached hydrogens (tertiary/aromatic N) is 6. The predicted molar refractivity (Wildman–Crippen MR) is 228 cm³/mol. The Morgan fingerprint density at radius 3 is 1.64 bits per heavy atom. The molecule has 0 aromatic heterocycles. The molecule has 6 aromatic carbocycles. The van der Waals surface area contributed by atoms with Crippen molar-refractivity contribution in [3.63, 3.8) is 0 Å². The Hall–Kier alpha value is -7.39. The van der Waals surface area contributed by atoms with E-state index in [9.17, 15) is 0 Å². The topological polar surface area (TPSA) is 80.0 Å². The summed E-state index contributed by atoms with van der Waals surface area (Å²) in [5, 5.41) is 6.73. The zero-order valence-corrected chi connectivity index (χ0v) is 30.8. The molecule has 0 radical (unpaired) electrons. The van der Waals surface area contributed by atoms with E-state index in [2.05, 4.69) is 107 Å². The minimum Gasteiger partial charge on any atom is -0.388 e. The van der Waals surface area contributed by atoms with E-state index in [0.29, 0.717) is 29.3 Å². The van der Waals surface area contributed by atoms with Gasteiger partial charge in [-0.05, 0) is 71.3 Å². The average molecular weight is 733 g/mol. The number of halogens is 1. The standard InChI is InChI=1S/C47H37FN8/c1-49-40-27-33(44(31-15-7-3-8-16-31)32-17-9-4-10-18-32)23-25-38(40)45-51-42-28-34(48)29-43-52-46(54-47(53-45)56(42)43)39-26-24-37(30-41(39)50-2)55(35-19-11-5-12-20-35)36-21-13-6-14-22-36/h3-30,44,49-50H,1-2H3. The van der Waals surface area contributed by atoms with Crippen LogP contribution in [-0.2, 0) is 0 Å². The molecule has 0 amide bonds. The molecule has 0 saturated carbocycles. The van der Waals surface area contributed by atoms with Crippen LogP contribution in [0.15, 0.2) is 201 Å². The smallest absolute Gasteiger partial charge is 0.241 e. The lowest BCUT2D eigenvalue weighted by Gasteiger charge is -2.32. The molecule has 2 N–H and O–H groups in total. The van der Waals surface area contributed by atoms with Gasteiger partial charge in [-0.3, -0.25) is 0 Å². The molecule has 0 saturated heterocycles. The Morgan fingerprint density at radius 2 is 1.05 bits per heavy atom. The van der Waals surface area contributed by atoms with E-state index < -0.39 is 5.83 Å². The van der Waals surface area contributed by atoms with Crippen LogP contribution in [0.4, 0.5) is 32.8 Å². The molecule has 0 bridgehead atoms. The lowest BCUT2D eigenvalue weighted by Crippen LogP contribution is -2.42. The van der Waals surface area contributed by atoms with E-state index in [-0.39, 0.29) is 5.92 Å². The number of para-hydroxylation sites is 2. The van der Waals surface area contributed by atoms with Crippen molar-refractivity contribution in [2.75, 3.05) is 29.6 Å². The molecule has 272 valence electrons. The molecule has 0 aliphatic carbocycles. The third-order valence-electron chi connectivity index (χ3n) is 10.00. The number of allylic oxidation sites excluding steroid dienone is 2. The maximum Gasteiger partial charge on any atom is 0.241 e. The Labute approximate surface area is 325 Å². The average Bonchev–Trinajstić information content (AvgIpc) is 3.25. The summed E-state index contributed by atoms with van der Waals surface area (Å²) in [6.07, 6.45) is 2.77. The van der Waals surface area contributed by atoms with Gasteiger partial charge in [0.1, 0.15) is 17.5 Å². The largest absolute Gasteiger partial charge is 0.388 e. The maximum absolute atomic E-state index is 15.3. The lowest BCUT2D eigenvalue weighted by atomic mass is 9.84. The number of anilines is 5. The molecule has 0 spiro atoms. The van der Waals surface area contributed by atoms with Gasteiger partial charge in [-0.15, -0.1) is 0 Å². The van der Waals surface area contributed by atoms with Crippen LogP contribution < -0.4 is 15.5 Å². The Bertz CT molecular complexity index is 2400. The van der Waals surface area contributed by atoms with Crippen molar-refractivity contribution >= 4 is 51.9 Å². The van der Waals surface area contributed by atoms with Crippen LogP contribution in [0.25, 0.3) is 0 Å². The SMILES string of the molecule is CNc1cc(C(c2ccccc2)c2ccccc2)ccc1C1=NC2=CC(F)=CC3=NC(c4ccc(N(c5ccccc5)c5ccccc5)cc4NC)=NC(=N1)N23. The second-order valence-corrected chi connectivity index (χ2v) is 13.4. The first-order chi connectivity index (χ1) is 27.6. The van der Waals surface area contributed by atoms with Gasteiger partial charge >= 0.3 is 0 Å². The monoisotopic (exact) mass is 732 g/mol. The minimum absolute atomic E-state index is 0.0124. The number of hydrogen-bond donors (Lipinski definition) is 2. The first-order valence-corrected chi connectivity index (χ1v) is 18.5. The van der Waals surface area contributed by atoms with Gasteiger partial charge in [-0.25, -0.2) is 19.3 Å². The highest BCUT2D eigenvalue weighted by molar-refractivity contribution is 6.26. The summed E-state index contributed by atoms with van der Waals surface area (Å²) < 4.78 is 15.3. The van der Waals surface area contributed by atoms with Gasteiger partial charge in [0.2, 0.25) is 5.96 Å². The lowest BCUT2D eigenvalue weighted by molar-refractivity contribution is 0.631. The fourth-order valence-electron chi connectivity index (χ4n) is 7.41. The van der Waals surface area contributed by atoms with Gasteiger partial charge in [0, 0.05) is 71.7 Å². The van der Waals surface area contributed by atoms with Gasteiger partial charge in [-0.2, -0.15) is 9.98 Å². The van der Waals surface area contributed by atoms with E-state index >= 15 is 4.39 Å². The quantitative estimate of drug-likeness (QED) is 0.137. The highest BCUT2D eigenvalue weighted by Gasteiger charge is 2.34. The van der Waals surface area contributed by atoms with Crippen LogP contribution in [0.5, 0.6) is 0 Å². The van der Waals surface area contributed by atoms with Crippen LogP contribution in [-0.4, -0.2) is 42.5 Å². The van der Waals surface area contributed by atoms with Crippen molar-refractivity contribution in [2.45, 2.75) is 5.92 Å². The van der Waals surface area contributed by atoms with E-state index in [4.69, 9.17) is 20.0 Å². The van der Waals surface area contributed by atoms with Crippen LogP contribution in [0.2, 0.25) is 0 Å². The number of guanidine groups is 1. The molecule has 56 heavy (non-hydrogen) atoms. The third kappa shape index (κ3) is 6.45. The van der Waals surface area contributed by atoms with Crippen LogP contribution >= 0.6 is 0 Å². The van der Waals surface area contributed by atoms with Gasteiger partial charge in [0.25, 0.3) is 0 Å². The predicted octanol–water partition coefficient (Wildman–Crippen LogP) is 10.4. The Balaban J connectivity index is 1.11. The molecule has 3 aliphatic heterocycles. The fraction of sp³-hybridized carbons (Fsp3) is 0.0638. The molecule has 9 heteroatoms. The number of hydrogen-bond acceptors (Lipinski definition) is 8. The van der Waals surface area contributed by atoms with Gasteiger partial charge in [0.15, 0.2) is 11.7 Å². The van der Waals surface area contributed by atoms with Crippen LogP contribution in [0.3, 0.4) is 0 Å². The Kier molecular flexibility index (Phi) is 9.08. The van der Waals surface area contributed by atoms with E-state index in [1.165, 1.54) is 23.3 Å². The summed E-state index contributed by atoms with van der Waals surface area (Å²) in [5.41, 5.74) is 9.63. The van der Waals surface area contributed by atoms with Crippen LogP contribution in [0.1, 0.15) is 33.7 Å². The van der Waals surface area contributed by atoms with Crippen molar-refractivity contribution < 1.29 is 4.39 Å². The summed E-state index contributed by atoms with van der Waals surface area (Å²) in [7, 11) is 3.75. The van der Waals surface area contributed by atoms with E-state index in [1.54, 1.807) is 4.90 Å². The molecule has 0 fully saturated rings.